The summed E-state index contributed by atoms with van der Waals surface area (Å²) in [6.45, 7) is 2.79. The Morgan fingerprint density at radius 2 is 1.96 bits per heavy atom. The number of ether oxygens (including phenoxy) is 1. The molecule has 26 heavy (non-hydrogen) atoms. The Kier molecular flexibility index (Phi) is 3.88. The number of hydrogen-bond donors (Lipinski definition) is 1. The van der Waals surface area contributed by atoms with Crippen LogP contribution >= 0.6 is 0 Å². The molecule has 0 saturated heterocycles. The fraction of sp³-hybridized carbons (Fsp3) is 0.200. The van der Waals surface area contributed by atoms with Crippen LogP contribution in [0.15, 0.2) is 51.7 Å². The molecule has 0 atom stereocenters. The Balaban J connectivity index is 1.70. The number of carboxylic acid groups (broad SMARTS) is 1. The summed E-state index contributed by atoms with van der Waals surface area (Å²) in [6, 6.07) is 12.6. The molecule has 1 aromatic heterocycles. The van der Waals surface area contributed by atoms with Gasteiger partial charge in [-0.1, -0.05) is 12.1 Å². The van der Waals surface area contributed by atoms with Gasteiger partial charge < -0.3 is 19.2 Å². The van der Waals surface area contributed by atoms with Gasteiger partial charge in [-0.15, -0.1) is 0 Å². The minimum Gasteiger partial charge on any atom is -0.481 e. The minimum atomic E-state index is -0.857. The average Bonchev–Trinajstić information content (AvgIpc) is 2.61. The lowest BCUT2D eigenvalue weighted by molar-refractivity contribution is -0.136. The van der Waals surface area contributed by atoms with E-state index in [-0.39, 0.29) is 12.0 Å². The highest BCUT2D eigenvalue weighted by molar-refractivity contribution is 5.85. The summed E-state index contributed by atoms with van der Waals surface area (Å²) < 4.78 is 11.3. The number of benzene rings is 2. The largest absolute Gasteiger partial charge is 0.481 e. The van der Waals surface area contributed by atoms with Gasteiger partial charge in [-0.3, -0.25) is 4.79 Å². The molecule has 132 valence electrons. The molecule has 2 heterocycles. The van der Waals surface area contributed by atoms with Crippen LogP contribution in [0.4, 0.5) is 5.69 Å². The summed E-state index contributed by atoms with van der Waals surface area (Å²) in [4.78, 5) is 24.6. The van der Waals surface area contributed by atoms with Crippen LogP contribution in [0.25, 0.3) is 11.0 Å². The summed E-state index contributed by atoms with van der Waals surface area (Å²) in [7, 11) is 0. The second-order valence-electron chi connectivity index (χ2n) is 6.38. The third kappa shape index (κ3) is 2.90. The van der Waals surface area contributed by atoms with Gasteiger partial charge in [0.15, 0.2) is 6.73 Å². The SMILES string of the molecule is Cc1cc(=O)oc2c3c(ccc12)OCN(c1ccc(CC(=O)O)cc1)C3. The molecule has 0 bridgehead atoms. The third-order valence-electron chi connectivity index (χ3n) is 4.56. The fourth-order valence-corrected chi connectivity index (χ4v) is 3.26. The standard InChI is InChI=1S/C20H17NO5/c1-12-8-19(24)26-20-15(12)6-7-17-16(20)10-21(11-25-17)14-4-2-13(3-5-14)9-18(22)23/h2-8H,9-11H2,1H3,(H,22,23). The smallest absolute Gasteiger partial charge is 0.336 e. The first-order valence-electron chi connectivity index (χ1n) is 8.26. The van der Waals surface area contributed by atoms with Crippen molar-refractivity contribution in [3.63, 3.8) is 0 Å². The molecule has 3 aromatic rings. The molecule has 0 fully saturated rings. The maximum absolute atomic E-state index is 11.8. The Morgan fingerprint density at radius 3 is 2.69 bits per heavy atom. The van der Waals surface area contributed by atoms with E-state index in [1.807, 2.05) is 36.1 Å². The third-order valence-corrected chi connectivity index (χ3v) is 4.56. The number of nitrogens with zero attached hydrogens (tertiary/aromatic N) is 1. The molecule has 6 heteroatoms. The van der Waals surface area contributed by atoms with Crippen LogP contribution < -0.4 is 15.3 Å². The predicted molar refractivity (Wildman–Crippen MR) is 96.7 cm³/mol. The summed E-state index contributed by atoms with van der Waals surface area (Å²) in [5.74, 6) is -0.144. The number of carboxylic acids is 1. The van der Waals surface area contributed by atoms with Gasteiger partial charge in [0.2, 0.25) is 0 Å². The van der Waals surface area contributed by atoms with Crippen LogP contribution in [0, 0.1) is 6.92 Å². The first kappa shape index (κ1) is 16.2. The second-order valence-corrected chi connectivity index (χ2v) is 6.38. The lowest BCUT2D eigenvalue weighted by atomic mass is 10.0. The van der Waals surface area contributed by atoms with Crippen LogP contribution in [0.5, 0.6) is 5.75 Å². The highest BCUT2D eigenvalue weighted by Gasteiger charge is 2.22. The Bertz CT molecular complexity index is 1050. The van der Waals surface area contributed by atoms with Gasteiger partial charge in [-0.25, -0.2) is 4.79 Å². The number of rotatable bonds is 3. The van der Waals surface area contributed by atoms with Crippen molar-refractivity contribution in [3.05, 3.63) is 69.6 Å². The minimum absolute atomic E-state index is 0.00527. The molecule has 1 aliphatic rings. The van der Waals surface area contributed by atoms with Crippen molar-refractivity contribution in [3.8, 4) is 5.75 Å². The molecular weight excluding hydrogens is 334 g/mol. The van der Waals surface area contributed by atoms with Gasteiger partial charge in [-0.05, 0) is 42.3 Å². The normalized spacial score (nSPS) is 13.3. The van der Waals surface area contributed by atoms with Crippen molar-refractivity contribution in [1.82, 2.24) is 0 Å². The number of fused-ring (bicyclic) bond motifs is 3. The van der Waals surface area contributed by atoms with Gasteiger partial charge in [0.25, 0.3) is 0 Å². The van der Waals surface area contributed by atoms with Gasteiger partial charge in [-0.2, -0.15) is 0 Å². The van der Waals surface area contributed by atoms with Crippen LogP contribution in [0.1, 0.15) is 16.7 Å². The zero-order chi connectivity index (χ0) is 18.3. The Morgan fingerprint density at radius 1 is 1.19 bits per heavy atom. The van der Waals surface area contributed by atoms with E-state index in [0.29, 0.717) is 24.6 Å². The van der Waals surface area contributed by atoms with Crippen molar-refractivity contribution in [2.24, 2.45) is 0 Å². The van der Waals surface area contributed by atoms with Crippen LogP contribution in [-0.4, -0.2) is 17.8 Å². The summed E-state index contributed by atoms with van der Waals surface area (Å²) in [5.41, 5.74) is 3.54. The van der Waals surface area contributed by atoms with E-state index in [2.05, 4.69) is 0 Å². The zero-order valence-electron chi connectivity index (χ0n) is 14.2. The van der Waals surface area contributed by atoms with E-state index in [1.54, 1.807) is 12.1 Å². The van der Waals surface area contributed by atoms with Crippen molar-refractivity contribution >= 4 is 22.6 Å². The molecular formula is C20H17NO5. The van der Waals surface area contributed by atoms with Gasteiger partial charge >= 0.3 is 11.6 Å². The topological polar surface area (TPSA) is 80.0 Å². The molecule has 4 rings (SSSR count). The van der Waals surface area contributed by atoms with Gasteiger partial charge in [0, 0.05) is 17.1 Å². The quantitative estimate of drug-likeness (QED) is 0.731. The lowest BCUT2D eigenvalue weighted by Gasteiger charge is -2.31. The molecule has 1 aliphatic heterocycles. The average molecular weight is 351 g/mol. The molecule has 1 N–H and O–H groups in total. The van der Waals surface area contributed by atoms with E-state index >= 15 is 0 Å². The maximum atomic E-state index is 11.8. The highest BCUT2D eigenvalue weighted by atomic mass is 16.5. The van der Waals surface area contributed by atoms with Crippen molar-refractivity contribution < 1.29 is 19.1 Å². The van der Waals surface area contributed by atoms with Crippen LogP contribution in [-0.2, 0) is 17.8 Å². The second kappa shape index (κ2) is 6.22. The first-order chi connectivity index (χ1) is 12.5. The summed E-state index contributed by atoms with van der Waals surface area (Å²) >= 11 is 0. The number of aliphatic carboxylic acids is 1. The monoisotopic (exact) mass is 351 g/mol. The maximum Gasteiger partial charge on any atom is 0.336 e. The lowest BCUT2D eigenvalue weighted by Crippen LogP contribution is -2.32. The first-order valence-corrected chi connectivity index (χ1v) is 8.26. The van der Waals surface area contributed by atoms with E-state index in [9.17, 15) is 9.59 Å². The molecule has 0 radical (unpaired) electrons. The molecule has 0 saturated carbocycles. The Labute approximate surface area is 149 Å². The zero-order valence-corrected chi connectivity index (χ0v) is 14.2. The van der Waals surface area contributed by atoms with E-state index in [0.717, 1.165) is 27.8 Å². The fourth-order valence-electron chi connectivity index (χ4n) is 3.26. The number of hydrogen-bond acceptors (Lipinski definition) is 5. The molecule has 0 aliphatic carbocycles. The molecule has 0 amide bonds. The van der Waals surface area contributed by atoms with Gasteiger partial charge in [0.05, 0.1) is 18.5 Å². The van der Waals surface area contributed by atoms with Crippen molar-refractivity contribution in [2.75, 3.05) is 11.6 Å². The van der Waals surface area contributed by atoms with E-state index < -0.39 is 5.97 Å². The molecule has 6 nitrogen and oxygen atoms in total. The number of anilines is 1. The predicted octanol–water partition coefficient (Wildman–Crippen LogP) is 3.09. The molecule has 0 spiro atoms. The van der Waals surface area contributed by atoms with Crippen LogP contribution in [0.3, 0.4) is 0 Å². The van der Waals surface area contributed by atoms with Crippen molar-refractivity contribution in [1.29, 1.82) is 0 Å². The number of carbonyl (C=O) groups is 1. The summed E-state index contributed by atoms with van der Waals surface area (Å²) in [5, 5.41) is 9.77. The van der Waals surface area contributed by atoms with Crippen molar-refractivity contribution in [2.45, 2.75) is 19.9 Å². The Hall–Kier alpha value is -3.28. The highest BCUT2D eigenvalue weighted by Crippen LogP contribution is 2.34. The van der Waals surface area contributed by atoms with E-state index in [4.69, 9.17) is 14.3 Å². The summed E-state index contributed by atoms with van der Waals surface area (Å²) in [6.07, 6.45) is -0.00527. The van der Waals surface area contributed by atoms with Crippen LogP contribution in [0.2, 0.25) is 0 Å². The van der Waals surface area contributed by atoms with E-state index in [1.165, 1.54) is 6.07 Å². The number of aryl methyl sites for hydroxylation is 1. The molecule has 2 aromatic carbocycles. The van der Waals surface area contributed by atoms with Gasteiger partial charge in [0.1, 0.15) is 11.3 Å². The molecule has 0 unspecified atom stereocenters.